The quantitative estimate of drug-likeness (QED) is 0.778. The molecule has 0 aromatic rings. The summed E-state index contributed by atoms with van der Waals surface area (Å²) in [6.07, 6.45) is 3.29. The Bertz CT molecular complexity index is 442. The number of hydrogen-bond acceptors (Lipinski definition) is 4. The Morgan fingerprint density at radius 1 is 1.33 bits per heavy atom. The number of carbonyl (C=O) groups is 1. The van der Waals surface area contributed by atoms with Crippen molar-refractivity contribution in [3.8, 4) is 0 Å². The van der Waals surface area contributed by atoms with Gasteiger partial charge in [-0.15, -0.1) is 0 Å². The third-order valence-corrected chi connectivity index (χ3v) is 5.37. The summed E-state index contributed by atoms with van der Waals surface area (Å²) >= 11 is 0. The van der Waals surface area contributed by atoms with Crippen molar-refractivity contribution in [1.29, 1.82) is 0 Å². The first-order chi connectivity index (χ1) is 9.66. The maximum Gasteiger partial charge on any atom is 0.239 e. The zero-order chi connectivity index (χ0) is 16.2. The van der Waals surface area contributed by atoms with Crippen LogP contribution < -0.4 is 5.73 Å². The number of sulfonamides is 1. The minimum absolute atomic E-state index is 0.00428. The van der Waals surface area contributed by atoms with Gasteiger partial charge in [0.1, 0.15) is 0 Å². The average Bonchev–Trinajstić information content (AvgIpc) is 2.37. The van der Waals surface area contributed by atoms with E-state index in [1.54, 1.807) is 4.90 Å². The summed E-state index contributed by atoms with van der Waals surface area (Å²) in [5.41, 5.74) is 5.94. The van der Waals surface area contributed by atoms with Crippen LogP contribution in [0.5, 0.6) is 0 Å². The highest BCUT2D eigenvalue weighted by molar-refractivity contribution is 7.88. The average molecular weight is 319 g/mol. The van der Waals surface area contributed by atoms with E-state index in [0.29, 0.717) is 44.8 Å². The summed E-state index contributed by atoms with van der Waals surface area (Å²) in [5.74, 6) is 0.381. The normalized spacial score (nSPS) is 19.3. The van der Waals surface area contributed by atoms with Gasteiger partial charge in [-0.3, -0.25) is 4.79 Å². The molecule has 2 N–H and O–H groups in total. The van der Waals surface area contributed by atoms with Crippen molar-refractivity contribution in [3.05, 3.63) is 0 Å². The number of hydrogen-bond donors (Lipinski definition) is 1. The van der Waals surface area contributed by atoms with E-state index in [2.05, 4.69) is 0 Å². The maximum atomic E-state index is 12.2. The highest BCUT2D eigenvalue weighted by Gasteiger charge is 2.31. The standard InChI is InChI=1S/C14H29N3O3S/c1-5-17(21(4,19)20)12-6-8-16(9-7-12)14(18)13(15)10-11(2)3/h11-13H,5-10,15H2,1-4H3/t13-/m0/s1. The SMILES string of the molecule is CCN(C1CCN(C(=O)[C@@H](N)CC(C)C)CC1)S(C)(=O)=O. The molecule has 1 amide bonds. The van der Waals surface area contributed by atoms with Gasteiger partial charge in [-0.25, -0.2) is 8.42 Å². The number of likely N-dealkylation sites (tertiary alicyclic amines) is 1. The van der Waals surface area contributed by atoms with Crippen LogP contribution >= 0.6 is 0 Å². The molecule has 0 aliphatic carbocycles. The highest BCUT2D eigenvalue weighted by atomic mass is 32.2. The molecule has 7 heteroatoms. The molecule has 0 saturated carbocycles. The van der Waals surface area contributed by atoms with E-state index < -0.39 is 16.1 Å². The minimum atomic E-state index is -3.18. The summed E-state index contributed by atoms with van der Waals surface area (Å²) < 4.78 is 25.0. The molecule has 1 saturated heterocycles. The van der Waals surface area contributed by atoms with Crippen LogP contribution in [0.15, 0.2) is 0 Å². The van der Waals surface area contributed by atoms with Gasteiger partial charge in [0.2, 0.25) is 15.9 Å². The molecule has 1 rings (SSSR count). The molecule has 124 valence electrons. The van der Waals surface area contributed by atoms with Gasteiger partial charge in [0.15, 0.2) is 0 Å². The van der Waals surface area contributed by atoms with E-state index in [0.717, 1.165) is 0 Å². The Balaban J connectivity index is 2.57. The van der Waals surface area contributed by atoms with E-state index in [9.17, 15) is 13.2 Å². The van der Waals surface area contributed by atoms with Gasteiger partial charge in [-0.1, -0.05) is 20.8 Å². The Morgan fingerprint density at radius 3 is 2.24 bits per heavy atom. The molecule has 1 heterocycles. The largest absolute Gasteiger partial charge is 0.341 e. The van der Waals surface area contributed by atoms with Crippen LogP contribution in [0, 0.1) is 5.92 Å². The molecule has 0 aromatic carbocycles. The van der Waals surface area contributed by atoms with Crippen LogP contribution in [-0.4, -0.2) is 61.5 Å². The van der Waals surface area contributed by atoms with E-state index in [4.69, 9.17) is 5.73 Å². The molecule has 0 radical (unpaired) electrons. The molecule has 21 heavy (non-hydrogen) atoms. The van der Waals surface area contributed by atoms with E-state index in [1.165, 1.54) is 10.6 Å². The summed E-state index contributed by atoms with van der Waals surface area (Å²) in [6, 6.07) is -0.450. The van der Waals surface area contributed by atoms with Crippen molar-refractivity contribution in [1.82, 2.24) is 9.21 Å². The van der Waals surface area contributed by atoms with Gasteiger partial charge in [0.25, 0.3) is 0 Å². The van der Waals surface area contributed by atoms with Crippen molar-refractivity contribution >= 4 is 15.9 Å². The van der Waals surface area contributed by atoms with Gasteiger partial charge in [0, 0.05) is 25.7 Å². The smallest absolute Gasteiger partial charge is 0.239 e. The van der Waals surface area contributed by atoms with Crippen molar-refractivity contribution in [2.24, 2.45) is 11.7 Å². The van der Waals surface area contributed by atoms with E-state index >= 15 is 0 Å². The fourth-order valence-electron chi connectivity index (χ4n) is 2.98. The number of nitrogens with two attached hydrogens (primary N) is 1. The number of carbonyl (C=O) groups excluding carboxylic acids is 1. The summed E-state index contributed by atoms with van der Waals surface area (Å²) in [6.45, 7) is 7.58. The van der Waals surface area contributed by atoms with Crippen molar-refractivity contribution in [2.45, 2.75) is 52.1 Å². The number of nitrogens with zero attached hydrogens (tertiary/aromatic N) is 2. The Morgan fingerprint density at radius 2 is 1.86 bits per heavy atom. The van der Waals surface area contributed by atoms with Crippen molar-refractivity contribution in [3.63, 3.8) is 0 Å². The number of rotatable bonds is 6. The lowest BCUT2D eigenvalue weighted by Gasteiger charge is -2.37. The molecule has 0 bridgehead atoms. The Hall–Kier alpha value is -0.660. The van der Waals surface area contributed by atoms with Crippen LogP contribution in [0.4, 0.5) is 0 Å². The lowest BCUT2D eigenvalue weighted by atomic mass is 10.0. The predicted molar refractivity (Wildman–Crippen MR) is 84.3 cm³/mol. The first-order valence-electron chi connectivity index (χ1n) is 7.68. The van der Waals surface area contributed by atoms with Crippen LogP contribution in [0.25, 0.3) is 0 Å². The second-order valence-corrected chi connectivity index (χ2v) is 8.19. The molecule has 1 aliphatic heterocycles. The zero-order valence-electron chi connectivity index (χ0n) is 13.6. The van der Waals surface area contributed by atoms with Crippen LogP contribution in [-0.2, 0) is 14.8 Å². The first kappa shape index (κ1) is 18.4. The lowest BCUT2D eigenvalue weighted by Crippen LogP contribution is -2.52. The fourth-order valence-corrected chi connectivity index (χ4v) is 4.20. The van der Waals surface area contributed by atoms with Gasteiger partial charge in [-0.2, -0.15) is 4.31 Å². The van der Waals surface area contributed by atoms with Crippen LogP contribution in [0.2, 0.25) is 0 Å². The minimum Gasteiger partial charge on any atom is -0.341 e. The molecule has 1 atom stereocenters. The fraction of sp³-hybridized carbons (Fsp3) is 0.929. The maximum absolute atomic E-state index is 12.2. The molecule has 6 nitrogen and oxygen atoms in total. The molecule has 0 spiro atoms. The van der Waals surface area contributed by atoms with E-state index in [1.807, 2.05) is 20.8 Å². The Kier molecular flexibility index (Phi) is 6.62. The third-order valence-electron chi connectivity index (χ3n) is 3.96. The summed E-state index contributed by atoms with van der Waals surface area (Å²) in [7, 11) is -3.18. The van der Waals surface area contributed by atoms with Gasteiger partial charge in [-0.05, 0) is 25.2 Å². The topological polar surface area (TPSA) is 83.7 Å². The van der Waals surface area contributed by atoms with Gasteiger partial charge in [0.05, 0.1) is 12.3 Å². The molecule has 0 aromatic heterocycles. The van der Waals surface area contributed by atoms with Gasteiger partial charge < -0.3 is 10.6 Å². The molecule has 1 aliphatic rings. The van der Waals surface area contributed by atoms with Crippen LogP contribution in [0.1, 0.15) is 40.0 Å². The van der Waals surface area contributed by atoms with Gasteiger partial charge >= 0.3 is 0 Å². The second kappa shape index (κ2) is 7.56. The molecule has 1 fully saturated rings. The molecular formula is C14H29N3O3S. The Labute approximate surface area is 128 Å². The number of piperidine rings is 1. The predicted octanol–water partition coefficient (Wildman–Crippen LogP) is 0.632. The molecular weight excluding hydrogens is 290 g/mol. The monoisotopic (exact) mass is 319 g/mol. The van der Waals surface area contributed by atoms with Crippen molar-refractivity contribution < 1.29 is 13.2 Å². The third kappa shape index (κ3) is 5.23. The van der Waals surface area contributed by atoms with E-state index in [-0.39, 0.29) is 11.9 Å². The lowest BCUT2D eigenvalue weighted by molar-refractivity contribution is -0.134. The summed E-state index contributed by atoms with van der Waals surface area (Å²) in [4.78, 5) is 14.0. The molecule has 0 unspecified atom stereocenters. The van der Waals surface area contributed by atoms with Crippen molar-refractivity contribution in [2.75, 3.05) is 25.9 Å². The number of amides is 1. The zero-order valence-corrected chi connectivity index (χ0v) is 14.4. The van der Waals surface area contributed by atoms with Crippen LogP contribution in [0.3, 0.4) is 0 Å². The first-order valence-corrected chi connectivity index (χ1v) is 9.52. The summed E-state index contributed by atoms with van der Waals surface area (Å²) in [5, 5.41) is 0. The highest BCUT2D eigenvalue weighted by Crippen LogP contribution is 2.20. The second-order valence-electron chi connectivity index (χ2n) is 6.26.